The molecule has 1 N–H and O–H groups in total. The molecule has 1 saturated heterocycles. The zero-order valence-electron chi connectivity index (χ0n) is 14.6. The van der Waals surface area contributed by atoms with Gasteiger partial charge in [-0.1, -0.05) is 41.9 Å². The monoisotopic (exact) mass is 402 g/mol. The number of carbonyl (C=O) groups is 1. The Hall–Kier alpha value is -2.15. The van der Waals surface area contributed by atoms with Crippen LogP contribution in [-0.4, -0.2) is 42.3 Å². The van der Waals surface area contributed by atoms with E-state index in [1.807, 2.05) is 47.4 Å². The van der Waals surface area contributed by atoms with E-state index in [1.165, 1.54) is 0 Å². The van der Waals surface area contributed by atoms with Crippen molar-refractivity contribution < 1.29 is 14.3 Å². The van der Waals surface area contributed by atoms with Crippen LogP contribution >= 0.6 is 23.8 Å². The second-order valence-corrected chi connectivity index (χ2v) is 7.37. The van der Waals surface area contributed by atoms with Crippen LogP contribution in [0, 0.1) is 0 Å². The van der Waals surface area contributed by atoms with Crippen LogP contribution in [0.5, 0.6) is 0 Å². The molecule has 140 valence electrons. The lowest BCUT2D eigenvalue weighted by Gasteiger charge is -2.41. The minimum atomic E-state index is -1.03. The Morgan fingerprint density at radius 1 is 1.19 bits per heavy atom. The van der Waals surface area contributed by atoms with Crippen LogP contribution < -0.4 is 5.32 Å². The highest BCUT2D eigenvalue weighted by Gasteiger charge is 2.45. The molecule has 2 aliphatic heterocycles. The molecule has 0 bridgehead atoms. The van der Waals surface area contributed by atoms with Gasteiger partial charge in [0.25, 0.3) is 5.17 Å². The van der Waals surface area contributed by atoms with Crippen molar-refractivity contribution >= 4 is 40.6 Å². The fourth-order valence-corrected chi connectivity index (χ4v) is 4.03. The zero-order valence-corrected chi connectivity index (χ0v) is 16.2. The van der Waals surface area contributed by atoms with Crippen molar-refractivity contribution in [2.45, 2.75) is 12.0 Å². The molecule has 2 aliphatic rings. The summed E-state index contributed by atoms with van der Waals surface area (Å²) in [5.41, 5.74) is 1.43. The second kappa shape index (κ2) is 7.46. The minimum absolute atomic E-state index is 0.00206. The van der Waals surface area contributed by atoms with Crippen molar-refractivity contribution in [3.05, 3.63) is 64.7 Å². The Morgan fingerprint density at radius 3 is 2.67 bits per heavy atom. The van der Waals surface area contributed by atoms with Crippen LogP contribution in [0.2, 0.25) is 5.02 Å². The van der Waals surface area contributed by atoms with Gasteiger partial charge in [0.05, 0.1) is 19.6 Å². The van der Waals surface area contributed by atoms with Gasteiger partial charge in [0.2, 0.25) is 5.91 Å². The third kappa shape index (κ3) is 3.52. The normalized spacial score (nSPS) is 21.8. The van der Waals surface area contributed by atoms with Crippen molar-refractivity contribution in [3.63, 3.8) is 0 Å². The van der Waals surface area contributed by atoms with Gasteiger partial charge in [-0.25, -0.2) is 0 Å². The number of nitrogens with zero attached hydrogens (tertiary/aromatic N) is 1. The minimum Gasteiger partial charge on any atom is -0.454 e. The van der Waals surface area contributed by atoms with Crippen molar-refractivity contribution in [3.8, 4) is 0 Å². The third-order valence-corrected chi connectivity index (χ3v) is 5.34. The Kier molecular flexibility index (Phi) is 5.04. The number of hydrogen-bond donors (Lipinski definition) is 1. The molecule has 1 unspecified atom stereocenters. The molecule has 1 amide bonds. The first-order chi connectivity index (χ1) is 13.1. The maximum Gasteiger partial charge on any atom is 0.262 e. The number of halogens is 1. The summed E-state index contributed by atoms with van der Waals surface area (Å²) in [6.07, 6.45) is 0.131. The summed E-state index contributed by atoms with van der Waals surface area (Å²) in [5, 5.41) is 3.88. The smallest absolute Gasteiger partial charge is 0.262 e. The molecule has 27 heavy (non-hydrogen) atoms. The molecule has 4 rings (SSSR count). The number of benzene rings is 2. The van der Waals surface area contributed by atoms with Crippen molar-refractivity contribution in [2.24, 2.45) is 0 Å². The lowest BCUT2D eigenvalue weighted by Crippen LogP contribution is -2.47. The molecule has 0 spiro atoms. The summed E-state index contributed by atoms with van der Waals surface area (Å²) >= 11 is 11.6. The van der Waals surface area contributed by atoms with E-state index < -0.39 is 5.60 Å². The Morgan fingerprint density at radius 2 is 1.93 bits per heavy atom. The first-order valence-electron chi connectivity index (χ1n) is 8.79. The van der Waals surface area contributed by atoms with E-state index in [-0.39, 0.29) is 17.5 Å². The van der Waals surface area contributed by atoms with Gasteiger partial charge in [0.15, 0.2) is 5.60 Å². The largest absolute Gasteiger partial charge is 0.454 e. The highest BCUT2D eigenvalue weighted by atomic mass is 35.5. The summed E-state index contributed by atoms with van der Waals surface area (Å²) in [4.78, 5) is 15.0. The average Bonchev–Trinajstić information content (AvgIpc) is 2.70. The van der Waals surface area contributed by atoms with E-state index in [2.05, 4.69) is 5.32 Å². The SMILES string of the molecule is O=C(CC1(c2ccccc2)OC(=S)Nc2ccc(Cl)cc21)N1CCOCC1. The molecule has 0 aliphatic carbocycles. The van der Waals surface area contributed by atoms with E-state index in [4.69, 9.17) is 33.3 Å². The van der Waals surface area contributed by atoms with Gasteiger partial charge in [0, 0.05) is 34.9 Å². The quantitative estimate of drug-likeness (QED) is 0.795. The molecule has 2 aromatic carbocycles. The number of anilines is 1. The maximum absolute atomic E-state index is 13.1. The first-order valence-corrected chi connectivity index (χ1v) is 9.58. The van der Waals surface area contributed by atoms with Crippen molar-refractivity contribution in [2.75, 3.05) is 31.6 Å². The summed E-state index contributed by atoms with van der Waals surface area (Å²) in [7, 11) is 0. The van der Waals surface area contributed by atoms with Gasteiger partial charge in [-0.2, -0.15) is 0 Å². The predicted octanol–water partition coefficient (Wildman–Crippen LogP) is 3.56. The van der Waals surface area contributed by atoms with Crippen molar-refractivity contribution in [1.82, 2.24) is 4.90 Å². The summed E-state index contributed by atoms with van der Waals surface area (Å²) in [6, 6.07) is 15.2. The average molecular weight is 403 g/mol. The van der Waals surface area contributed by atoms with Gasteiger partial charge < -0.3 is 19.7 Å². The van der Waals surface area contributed by atoms with Crippen LogP contribution in [-0.2, 0) is 19.9 Å². The third-order valence-electron chi connectivity index (χ3n) is 4.92. The molecule has 0 radical (unpaired) electrons. The molecule has 7 heteroatoms. The van der Waals surface area contributed by atoms with Gasteiger partial charge >= 0.3 is 0 Å². The number of thiocarbonyl (C=S) groups is 1. The molecule has 1 atom stereocenters. The van der Waals surface area contributed by atoms with E-state index in [0.717, 1.165) is 16.8 Å². The fourth-order valence-electron chi connectivity index (χ4n) is 3.60. The van der Waals surface area contributed by atoms with Crippen LogP contribution in [0.4, 0.5) is 5.69 Å². The van der Waals surface area contributed by atoms with E-state index in [9.17, 15) is 4.79 Å². The van der Waals surface area contributed by atoms with Crippen LogP contribution in [0.1, 0.15) is 17.5 Å². The topological polar surface area (TPSA) is 50.8 Å². The Labute approximate surface area is 168 Å². The molecule has 1 fully saturated rings. The number of amides is 1. The molecule has 0 saturated carbocycles. The fraction of sp³-hybridized carbons (Fsp3) is 0.300. The molecule has 5 nitrogen and oxygen atoms in total. The van der Waals surface area contributed by atoms with Gasteiger partial charge in [-0.3, -0.25) is 4.79 Å². The molecule has 2 aromatic rings. The maximum atomic E-state index is 13.1. The highest BCUT2D eigenvalue weighted by Crippen LogP contribution is 2.45. The Balaban J connectivity index is 1.82. The zero-order chi connectivity index (χ0) is 18.9. The molecule has 0 aromatic heterocycles. The molecular formula is C20H19ClN2O3S. The predicted molar refractivity (Wildman–Crippen MR) is 108 cm³/mol. The number of hydrogen-bond acceptors (Lipinski definition) is 4. The van der Waals surface area contributed by atoms with Crippen LogP contribution in [0.3, 0.4) is 0 Å². The molecular weight excluding hydrogens is 384 g/mol. The van der Waals surface area contributed by atoms with Crippen LogP contribution in [0.15, 0.2) is 48.5 Å². The number of ether oxygens (including phenoxy) is 2. The van der Waals surface area contributed by atoms with Gasteiger partial charge in [-0.05, 0) is 30.4 Å². The Bertz CT molecular complexity index is 871. The van der Waals surface area contributed by atoms with Crippen LogP contribution in [0.25, 0.3) is 0 Å². The standard InChI is InChI=1S/C20H19ClN2O3S/c21-15-6-7-17-16(12-15)20(26-19(27)22-17,14-4-2-1-3-5-14)13-18(24)23-8-10-25-11-9-23/h1-7,12H,8-11,13H2,(H,22,27). The number of carbonyl (C=O) groups excluding carboxylic acids is 1. The van der Waals surface area contributed by atoms with E-state index >= 15 is 0 Å². The van der Waals surface area contributed by atoms with Gasteiger partial charge in [-0.15, -0.1) is 0 Å². The molecule has 2 heterocycles. The second-order valence-electron chi connectivity index (χ2n) is 6.57. The number of fused-ring (bicyclic) bond motifs is 1. The number of morpholine rings is 1. The van der Waals surface area contributed by atoms with Crippen molar-refractivity contribution in [1.29, 1.82) is 0 Å². The van der Waals surface area contributed by atoms with Gasteiger partial charge in [0.1, 0.15) is 0 Å². The number of rotatable bonds is 3. The summed E-state index contributed by atoms with van der Waals surface area (Å²) in [5.74, 6) is -0.00206. The van der Waals surface area contributed by atoms with E-state index in [1.54, 1.807) is 6.07 Å². The lowest BCUT2D eigenvalue weighted by atomic mass is 9.81. The number of nitrogens with one attached hydrogen (secondary N) is 1. The highest BCUT2D eigenvalue weighted by molar-refractivity contribution is 7.80. The first kappa shape index (κ1) is 18.2. The van der Waals surface area contributed by atoms with E-state index in [0.29, 0.717) is 31.3 Å². The summed E-state index contributed by atoms with van der Waals surface area (Å²) in [6.45, 7) is 2.25. The lowest BCUT2D eigenvalue weighted by molar-refractivity contribution is -0.139. The summed E-state index contributed by atoms with van der Waals surface area (Å²) < 4.78 is 11.6.